The van der Waals surface area contributed by atoms with E-state index in [4.69, 9.17) is 0 Å². The molecule has 0 unspecified atom stereocenters. The number of thioether (sulfide) groups is 2. The largest absolute Gasteiger partial charge is 0.0962 e. The van der Waals surface area contributed by atoms with Crippen LogP contribution in [-0.4, -0.2) is 0 Å². The molecule has 0 atom stereocenters. The molecule has 0 spiro atoms. The van der Waals surface area contributed by atoms with Gasteiger partial charge in [-0.05, 0) is 34.8 Å². The van der Waals surface area contributed by atoms with Gasteiger partial charge < -0.3 is 0 Å². The second kappa shape index (κ2) is 1.74. The highest BCUT2D eigenvalue weighted by Crippen LogP contribution is 2.56. The monoisotopic (exact) mass is 166 g/mol. The fraction of sp³-hybridized carbons (Fsp3) is 0.250. The summed E-state index contributed by atoms with van der Waals surface area (Å²) in [6, 6.07) is 0. The van der Waals surface area contributed by atoms with Gasteiger partial charge in [-0.1, -0.05) is 23.5 Å². The maximum atomic E-state index is 2.29. The van der Waals surface area contributed by atoms with Crippen molar-refractivity contribution >= 4 is 23.5 Å². The highest BCUT2D eigenvalue weighted by molar-refractivity contribution is 8.11. The predicted octanol–water partition coefficient (Wildman–Crippen LogP) is 3.25. The molecule has 0 aromatic rings. The summed E-state index contributed by atoms with van der Waals surface area (Å²) in [6.07, 6.45) is 2.58. The Morgan fingerprint density at radius 3 is 1.70 bits per heavy atom. The Morgan fingerprint density at radius 1 is 0.900 bits per heavy atom. The van der Waals surface area contributed by atoms with Crippen molar-refractivity contribution in [1.82, 2.24) is 0 Å². The molecule has 0 N–H and O–H groups in total. The molecule has 10 heavy (non-hydrogen) atoms. The van der Waals surface area contributed by atoms with Crippen molar-refractivity contribution in [3.05, 3.63) is 31.8 Å². The molecule has 1 aliphatic carbocycles. The zero-order chi connectivity index (χ0) is 6.55. The Bertz CT molecular complexity index is 264. The Balaban J connectivity index is 2.20. The Labute approximate surface area is 68.5 Å². The van der Waals surface area contributed by atoms with Gasteiger partial charge in [0.2, 0.25) is 0 Å². The van der Waals surface area contributed by atoms with Gasteiger partial charge in [0.1, 0.15) is 0 Å². The Hall–Kier alpha value is -0.0800. The van der Waals surface area contributed by atoms with Crippen LogP contribution in [0.2, 0.25) is 0 Å². The lowest BCUT2D eigenvalue weighted by atomic mass is 9.98. The van der Waals surface area contributed by atoms with E-state index < -0.39 is 0 Å². The van der Waals surface area contributed by atoms with E-state index in [1.807, 2.05) is 23.5 Å². The third-order valence-electron chi connectivity index (χ3n) is 2.09. The third-order valence-corrected chi connectivity index (χ3v) is 4.43. The van der Waals surface area contributed by atoms with E-state index in [1.165, 1.54) is 12.8 Å². The first-order chi connectivity index (χ1) is 4.95. The molecule has 0 saturated heterocycles. The van der Waals surface area contributed by atoms with Crippen molar-refractivity contribution in [2.45, 2.75) is 12.8 Å². The van der Waals surface area contributed by atoms with Gasteiger partial charge in [-0.25, -0.2) is 0 Å². The van der Waals surface area contributed by atoms with Crippen LogP contribution in [-0.2, 0) is 0 Å². The van der Waals surface area contributed by atoms with Crippen LogP contribution in [0, 0.1) is 0 Å². The summed E-state index contributed by atoms with van der Waals surface area (Å²) in [6.45, 7) is 0. The molecule has 0 radical (unpaired) electrons. The van der Waals surface area contributed by atoms with Gasteiger partial charge >= 0.3 is 0 Å². The minimum Gasteiger partial charge on any atom is -0.0962 e. The quantitative estimate of drug-likeness (QED) is 0.541. The molecule has 0 bridgehead atoms. The van der Waals surface area contributed by atoms with Crippen LogP contribution in [0.1, 0.15) is 12.8 Å². The lowest BCUT2D eigenvalue weighted by Gasteiger charge is -2.32. The molecular weight excluding hydrogens is 160 g/mol. The lowest BCUT2D eigenvalue weighted by Crippen LogP contribution is -2.09. The summed E-state index contributed by atoms with van der Waals surface area (Å²) in [5.41, 5.74) is 3.20. The summed E-state index contributed by atoms with van der Waals surface area (Å²) in [5.74, 6) is 0. The molecule has 3 rings (SSSR count). The Kier molecular flexibility index (Phi) is 0.968. The normalized spacial score (nSPS) is 27.2. The van der Waals surface area contributed by atoms with Gasteiger partial charge in [-0.3, -0.25) is 0 Å². The van der Waals surface area contributed by atoms with Crippen LogP contribution in [0.5, 0.6) is 0 Å². The molecule has 0 nitrogen and oxygen atoms in total. The molecule has 0 fully saturated rings. The lowest BCUT2D eigenvalue weighted by molar-refractivity contribution is 0.930. The zero-order valence-electron chi connectivity index (χ0n) is 5.39. The van der Waals surface area contributed by atoms with Crippen LogP contribution in [0.4, 0.5) is 0 Å². The molecule has 0 amide bonds. The molecule has 2 heteroatoms. The minimum atomic E-state index is 1.29. The SMILES string of the molecule is C1=C2CCC3=CSC3=C2S1. The van der Waals surface area contributed by atoms with Crippen molar-refractivity contribution in [2.24, 2.45) is 0 Å². The summed E-state index contributed by atoms with van der Waals surface area (Å²) in [7, 11) is 0. The maximum Gasteiger partial charge on any atom is 0.0296 e. The van der Waals surface area contributed by atoms with Crippen molar-refractivity contribution in [2.75, 3.05) is 0 Å². The van der Waals surface area contributed by atoms with Crippen LogP contribution in [0.15, 0.2) is 31.8 Å². The van der Waals surface area contributed by atoms with E-state index in [9.17, 15) is 0 Å². The summed E-state index contributed by atoms with van der Waals surface area (Å²) < 4.78 is 0. The average Bonchev–Trinajstić information content (AvgIpc) is 1.84. The van der Waals surface area contributed by atoms with E-state index in [-0.39, 0.29) is 0 Å². The second-order valence-electron chi connectivity index (χ2n) is 2.68. The summed E-state index contributed by atoms with van der Waals surface area (Å²) >= 11 is 3.82. The topological polar surface area (TPSA) is 0 Å². The summed E-state index contributed by atoms with van der Waals surface area (Å²) in [5, 5.41) is 4.58. The first-order valence-corrected chi connectivity index (χ1v) is 5.17. The number of hydrogen-bond acceptors (Lipinski definition) is 2. The standard InChI is InChI=1S/C8H6S2/c1-2-6-4-10-8(6)7-5(1)3-9-7/h3-4H,1-2H2. The van der Waals surface area contributed by atoms with E-state index >= 15 is 0 Å². The highest BCUT2D eigenvalue weighted by atomic mass is 32.2. The van der Waals surface area contributed by atoms with Crippen molar-refractivity contribution in [1.29, 1.82) is 0 Å². The molecule has 0 aromatic heterocycles. The van der Waals surface area contributed by atoms with Crippen LogP contribution >= 0.6 is 23.5 Å². The molecular formula is C8H6S2. The molecule has 0 aromatic carbocycles. The van der Waals surface area contributed by atoms with Gasteiger partial charge in [-0.15, -0.1) is 0 Å². The first-order valence-electron chi connectivity index (χ1n) is 3.41. The van der Waals surface area contributed by atoms with E-state index in [1.54, 1.807) is 21.0 Å². The van der Waals surface area contributed by atoms with Crippen molar-refractivity contribution in [3.8, 4) is 0 Å². The maximum absolute atomic E-state index is 2.29. The number of hydrogen-bond donors (Lipinski definition) is 0. The van der Waals surface area contributed by atoms with Gasteiger partial charge in [0.05, 0.1) is 0 Å². The molecule has 2 aliphatic heterocycles. The van der Waals surface area contributed by atoms with Gasteiger partial charge in [0, 0.05) is 9.81 Å². The smallest absolute Gasteiger partial charge is 0.0296 e. The third kappa shape index (κ3) is 0.523. The van der Waals surface area contributed by atoms with Gasteiger partial charge in [0.15, 0.2) is 0 Å². The van der Waals surface area contributed by atoms with Crippen LogP contribution in [0.25, 0.3) is 0 Å². The average molecular weight is 166 g/mol. The predicted molar refractivity (Wildman–Crippen MR) is 47.6 cm³/mol. The fourth-order valence-corrected chi connectivity index (χ4v) is 3.42. The Morgan fingerprint density at radius 2 is 1.40 bits per heavy atom. The van der Waals surface area contributed by atoms with E-state index in [0.29, 0.717) is 0 Å². The van der Waals surface area contributed by atoms with E-state index in [2.05, 4.69) is 10.8 Å². The van der Waals surface area contributed by atoms with E-state index in [0.717, 1.165) is 0 Å². The molecule has 2 heterocycles. The first kappa shape index (κ1) is 5.56. The van der Waals surface area contributed by atoms with Gasteiger partial charge in [0.25, 0.3) is 0 Å². The zero-order valence-corrected chi connectivity index (χ0v) is 7.02. The van der Waals surface area contributed by atoms with Crippen LogP contribution < -0.4 is 0 Å². The van der Waals surface area contributed by atoms with Crippen LogP contribution in [0.3, 0.4) is 0 Å². The number of allylic oxidation sites excluding steroid dienone is 2. The van der Waals surface area contributed by atoms with Crippen molar-refractivity contribution < 1.29 is 0 Å². The molecule has 0 saturated carbocycles. The molecule has 50 valence electrons. The highest BCUT2D eigenvalue weighted by Gasteiger charge is 2.29. The number of fused-ring (bicyclic) bond motifs is 2. The molecule has 3 aliphatic rings. The van der Waals surface area contributed by atoms with Gasteiger partial charge in [-0.2, -0.15) is 0 Å². The number of rotatable bonds is 0. The summed E-state index contributed by atoms with van der Waals surface area (Å²) in [4.78, 5) is 3.16. The second-order valence-corrected chi connectivity index (χ2v) is 4.44. The minimum absolute atomic E-state index is 1.29. The fourth-order valence-electron chi connectivity index (χ4n) is 1.42. The van der Waals surface area contributed by atoms with Crippen molar-refractivity contribution in [3.63, 3.8) is 0 Å².